The summed E-state index contributed by atoms with van der Waals surface area (Å²) in [4.78, 5) is 11.6. The van der Waals surface area contributed by atoms with Gasteiger partial charge in [0.05, 0.1) is 5.56 Å². The van der Waals surface area contributed by atoms with Gasteiger partial charge < -0.3 is 4.74 Å². The molecule has 66 valence electrons. The number of hydrogen-bond acceptors (Lipinski definition) is 2. The first kappa shape index (κ1) is 8.05. The lowest BCUT2D eigenvalue weighted by molar-refractivity contribution is 0.101. The van der Waals surface area contributed by atoms with Gasteiger partial charge in [0, 0.05) is 0 Å². The van der Waals surface area contributed by atoms with Gasteiger partial charge in [-0.15, -0.1) is 0 Å². The van der Waals surface area contributed by atoms with Crippen LogP contribution in [-0.4, -0.2) is 5.78 Å². The van der Waals surface area contributed by atoms with Crippen molar-refractivity contribution >= 4 is 5.78 Å². The van der Waals surface area contributed by atoms with E-state index < -0.39 is 0 Å². The Morgan fingerprint density at radius 2 is 2.15 bits per heavy atom. The van der Waals surface area contributed by atoms with Gasteiger partial charge in [-0.2, -0.15) is 0 Å². The standard InChI is InChI=1S/C11H10O2/c1-2-5-10-11(12)8-6-3-4-7-9(8)13-10/h3-7H,2H2,1H3. The summed E-state index contributed by atoms with van der Waals surface area (Å²) in [7, 11) is 0. The molecule has 1 aromatic carbocycles. The highest BCUT2D eigenvalue weighted by molar-refractivity contribution is 6.12. The van der Waals surface area contributed by atoms with Gasteiger partial charge in [-0.1, -0.05) is 19.1 Å². The van der Waals surface area contributed by atoms with Crippen molar-refractivity contribution in [2.24, 2.45) is 0 Å². The van der Waals surface area contributed by atoms with Crippen LogP contribution in [0.2, 0.25) is 0 Å². The van der Waals surface area contributed by atoms with Crippen molar-refractivity contribution in [2.45, 2.75) is 13.3 Å². The number of hydrogen-bond donors (Lipinski definition) is 0. The number of para-hydroxylation sites is 1. The van der Waals surface area contributed by atoms with Gasteiger partial charge in [-0.3, -0.25) is 4.79 Å². The van der Waals surface area contributed by atoms with Gasteiger partial charge in [0.15, 0.2) is 5.76 Å². The topological polar surface area (TPSA) is 26.3 Å². The number of rotatable bonds is 1. The fourth-order valence-electron chi connectivity index (χ4n) is 1.36. The number of ether oxygens (including phenoxy) is 1. The first-order valence-corrected chi connectivity index (χ1v) is 4.34. The van der Waals surface area contributed by atoms with Gasteiger partial charge in [-0.05, 0) is 24.6 Å². The Labute approximate surface area is 76.8 Å². The second-order valence-corrected chi connectivity index (χ2v) is 2.90. The van der Waals surface area contributed by atoms with Crippen molar-refractivity contribution in [1.29, 1.82) is 0 Å². The molecule has 0 bridgehead atoms. The molecular formula is C11H10O2. The van der Waals surface area contributed by atoms with Crippen molar-refractivity contribution in [3.8, 4) is 5.75 Å². The molecule has 0 aliphatic carbocycles. The largest absolute Gasteiger partial charge is 0.453 e. The van der Waals surface area contributed by atoms with E-state index in [1.54, 1.807) is 6.07 Å². The van der Waals surface area contributed by atoms with Crippen LogP contribution in [-0.2, 0) is 0 Å². The van der Waals surface area contributed by atoms with Crippen LogP contribution in [0.1, 0.15) is 23.7 Å². The lowest BCUT2D eigenvalue weighted by Crippen LogP contribution is -1.97. The maximum atomic E-state index is 11.6. The van der Waals surface area contributed by atoms with E-state index in [1.807, 2.05) is 31.2 Å². The van der Waals surface area contributed by atoms with Crippen molar-refractivity contribution in [2.75, 3.05) is 0 Å². The summed E-state index contributed by atoms with van der Waals surface area (Å²) in [6.45, 7) is 1.98. The Kier molecular flexibility index (Phi) is 1.89. The lowest BCUT2D eigenvalue weighted by atomic mass is 10.1. The first-order valence-electron chi connectivity index (χ1n) is 4.34. The first-order chi connectivity index (χ1) is 6.33. The average molecular weight is 174 g/mol. The average Bonchev–Trinajstić information content (AvgIpc) is 2.46. The molecule has 0 aromatic heterocycles. The van der Waals surface area contributed by atoms with Crippen LogP contribution in [0.15, 0.2) is 36.1 Å². The molecule has 0 spiro atoms. The number of allylic oxidation sites excluding steroid dienone is 2. The second-order valence-electron chi connectivity index (χ2n) is 2.90. The maximum absolute atomic E-state index is 11.6. The quantitative estimate of drug-likeness (QED) is 0.611. The number of benzene rings is 1. The molecule has 0 fully saturated rings. The SMILES string of the molecule is CCC=C1Oc2ccccc2C1=O. The van der Waals surface area contributed by atoms with E-state index in [0.717, 1.165) is 6.42 Å². The minimum Gasteiger partial charge on any atom is -0.453 e. The molecule has 13 heavy (non-hydrogen) atoms. The number of ketones is 1. The van der Waals surface area contributed by atoms with Crippen LogP contribution in [0.3, 0.4) is 0 Å². The number of carbonyl (C=O) groups is 1. The second kappa shape index (κ2) is 3.05. The molecule has 1 aliphatic heterocycles. The zero-order valence-electron chi connectivity index (χ0n) is 7.41. The molecule has 1 heterocycles. The zero-order chi connectivity index (χ0) is 9.26. The van der Waals surface area contributed by atoms with E-state index in [2.05, 4.69) is 0 Å². The van der Waals surface area contributed by atoms with Crippen LogP contribution in [0.4, 0.5) is 0 Å². The zero-order valence-corrected chi connectivity index (χ0v) is 7.41. The summed E-state index contributed by atoms with van der Waals surface area (Å²) in [6, 6.07) is 7.30. The number of Topliss-reactive ketones (excluding diaryl/α,β-unsaturated/α-hetero) is 1. The third-order valence-corrected chi connectivity index (χ3v) is 1.96. The van der Waals surface area contributed by atoms with E-state index in [9.17, 15) is 4.79 Å². The van der Waals surface area contributed by atoms with E-state index in [4.69, 9.17) is 4.74 Å². The van der Waals surface area contributed by atoms with Crippen molar-refractivity contribution in [3.05, 3.63) is 41.7 Å². The Morgan fingerprint density at radius 1 is 1.38 bits per heavy atom. The van der Waals surface area contributed by atoms with Gasteiger partial charge >= 0.3 is 0 Å². The molecular weight excluding hydrogens is 164 g/mol. The van der Waals surface area contributed by atoms with Crippen LogP contribution in [0.5, 0.6) is 5.75 Å². The Balaban J connectivity index is 2.44. The Hall–Kier alpha value is -1.57. The number of carbonyl (C=O) groups excluding carboxylic acids is 1. The van der Waals surface area contributed by atoms with E-state index in [1.165, 1.54) is 0 Å². The molecule has 0 N–H and O–H groups in total. The molecule has 0 radical (unpaired) electrons. The molecule has 0 amide bonds. The van der Waals surface area contributed by atoms with Crippen molar-refractivity contribution < 1.29 is 9.53 Å². The van der Waals surface area contributed by atoms with Crippen LogP contribution in [0.25, 0.3) is 0 Å². The van der Waals surface area contributed by atoms with Crippen molar-refractivity contribution in [3.63, 3.8) is 0 Å². The molecule has 0 saturated carbocycles. The molecule has 2 nitrogen and oxygen atoms in total. The molecule has 2 heteroatoms. The van der Waals surface area contributed by atoms with Gasteiger partial charge in [0.25, 0.3) is 0 Å². The highest BCUT2D eigenvalue weighted by Gasteiger charge is 2.25. The molecule has 0 unspecified atom stereocenters. The Morgan fingerprint density at radius 3 is 2.85 bits per heavy atom. The molecule has 1 aliphatic rings. The Bertz CT molecular complexity index is 377. The highest BCUT2D eigenvalue weighted by atomic mass is 16.5. The summed E-state index contributed by atoms with van der Waals surface area (Å²) in [5.74, 6) is 1.13. The summed E-state index contributed by atoms with van der Waals surface area (Å²) in [5, 5.41) is 0. The van der Waals surface area contributed by atoms with E-state index >= 15 is 0 Å². The fraction of sp³-hybridized carbons (Fsp3) is 0.182. The minimum atomic E-state index is -0.00236. The third kappa shape index (κ3) is 1.24. The summed E-state index contributed by atoms with van der Waals surface area (Å²) in [5.41, 5.74) is 0.669. The predicted octanol–water partition coefficient (Wildman–Crippen LogP) is 2.56. The van der Waals surface area contributed by atoms with Crippen molar-refractivity contribution in [1.82, 2.24) is 0 Å². The fourth-order valence-corrected chi connectivity index (χ4v) is 1.36. The minimum absolute atomic E-state index is 0.00236. The van der Waals surface area contributed by atoms with Gasteiger partial charge in [0.1, 0.15) is 5.75 Å². The lowest BCUT2D eigenvalue weighted by Gasteiger charge is -1.95. The van der Waals surface area contributed by atoms with Gasteiger partial charge in [0.2, 0.25) is 5.78 Å². The molecule has 0 atom stereocenters. The molecule has 2 rings (SSSR count). The monoisotopic (exact) mass is 174 g/mol. The van der Waals surface area contributed by atoms with E-state index in [-0.39, 0.29) is 5.78 Å². The highest BCUT2D eigenvalue weighted by Crippen LogP contribution is 2.30. The smallest absolute Gasteiger partial charge is 0.231 e. The third-order valence-electron chi connectivity index (χ3n) is 1.96. The van der Waals surface area contributed by atoms with Gasteiger partial charge in [-0.25, -0.2) is 0 Å². The summed E-state index contributed by atoms with van der Waals surface area (Å²) < 4.78 is 5.37. The maximum Gasteiger partial charge on any atom is 0.231 e. The van der Waals surface area contributed by atoms with Crippen LogP contribution in [0, 0.1) is 0 Å². The predicted molar refractivity (Wildman–Crippen MR) is 49.8 cm³/mol. The summed E-state index contributed by atoms with van der Waals surface area (Å²) >= 11 is 0. The normalized spacial score (nSPS) is 17.3. The van der Waals surface area contributed by atoms with Crippen LogP contribution < -0.4 is 4.74 Å². The number of fused-ring (bicyclic) bond motifs is 1. The summed E-state index contributed by atoms with van der Waals surface area (Å²) in [6.07, 6.45) is 2.62. The van der Waals surface area contributed by atoms with E-state index in [0.29, 0.717) is 17.1 Å². The molecule has 0 saturated heterocycles. The van der Waals surface area contributed by atoms with Crippen LogP contribution >= 0.6 is 0 Å². The molecule has 1 aromatic rings.